The summed E-state index contributed by atoms with van der Waals surface area (Å²) in [6, 6.07) is 0.106. The lowest BCUT2D eigenvalue weighted by Crippen LogP contribution is -2.33. The molecule has 2 saturated carbocycles. The Hall–Kier alpha value is -1.20. The molecular weight excluding hydrogens is 320 g/mol. The first kappa shape index (κ1) is 16.3. The summed E-state index contributed by atoms with van der Waals surface area (Å²) < 4.78 is 0. The van der Waals surface area contributed by atoms with E-state index < -0.39 is 0 Å². The monoisotopic (exact) mass is 346 g/mol. The van der Waals surface area contributed by atoms with E-state index in [4.69, 9.17) is 5.73 Å². The minimum atomic E-state index is 0.0129. The van der Waals surface area contributed by atoms with Crippen molar-refractivity contribution in [2.24, 2.45) is 17.6 Å². The zero-order chi connectivity index (χ0) is 16.8. The van der Waals surface area contributed by atoms with Crippen LogP contribution >= 0.6 is 11.3 Å². The average Bonchev–Trinajstić information content (AvgIpc) is 3.45. The molecule has 4 rings (SSSR count). The highest BCUT2D eigenvalue weighted by Crippen LogP contribution is 2.42. The standard InChI is InChI=1S/C19H26N2O2S/c1-10-13(20)6-7-15-17(10)18(19(23)21-9-11-2-3-11)16(24-15)8-14(22)12-4-5-12/h10-13H,2-9,20H2,1H3,(H,21,23)/t10-,13+/m1/s1. The van der Waals surface area contributed by atoms with E-state index in [2.05, 4.69) is 12.2 Å². The molecule has 1 aromatic rings. The van der Waals surface area contributed by atoms with E-state index in [1.165, 1.54) is 17.7 Å². The molecule has 0 aliphatic heterocycles. The van der Waals surface area contributed by atoms with Gasteiger partial charge in [0.2, 0.25) is 0 Å². The van der Waals surface area contributed by atoms with Crippen molar-refractivity contribution in [3.8, 4) is 0 Å². The topological polar surface area (TPSA) is 72.2 Å². The zero-order valence-corrected chi connectivity index (χ0v) is 15.1. The molecule has 0 radical (unpaired) electrons. The molecule has 1 amide bonds. The summed E-state index contributed by atoms with van der Waals surface area (Å²) in [4.78, 5) is 27.5. The van der Waals surface area contributed by atoms with Crippen molar-refractivity contribution in [1.29, 1.82) is 0 Å². The lowest BCUT2D eigenvalue weighted by Gasteiger charge is -2.27. The molecule has 1 heterocycles. The summed E-state index contributed by atoms with van der Waals surface area (Å²) in [6.07, 6.45) is 6.81. The summed E-state index contributed by atoms with van der Waals surface area (Å²) in [5.74, 6) is 1.41. The summed E-state index contributed by atoms with van der Waals surface area (Å²) in [6.45, 7) is 2.89. The molecule has 2 fully saturated rings. The van der Waals surface area contributed by atoms with Gasteiger partial charge in [0, 0.05) is 34.7 Å². The Kier molecular flexibility index (Phi) is 4.25. The van der Waals surface area contributed by atoms with Crippen molar-refractivity contribution in [3.63, 3.8) is 0 Å². The fourth-order valence-corrected chi connectivity index (χ4v) is 5.14. The van der Waals surface area contributed by atoms with Crippen LogP contribution in [-0.2, 0) is 17.6 Å². The molecule has 0 aromatic carbocycles. The van der Waals surface area contributed by atoms with Gasteiger partial charge in [0.1, 0.15) is 5.78 Å². The number of nitrogens with one attached hydrogen (secondary N) is 1. The molecule has 0 bridgehead atoms. The third-order valence-electron chi connectivity index (χ3n) is 5.74. The molecule has 0 saturated heterocycles. The van der Waals surface area contributed by atoms with Crippen LogP contribution in [0.1, 0.15) is 70.6 Å². The van der Waals surface area contributed by atoms with Crippen LogP contribution in [0.3, 0.4) is 0 Å². The molecule has 1 aromatic heterocycles. The van der Waals surface area contributed by atoms with Crippen LogP contribution in [-0.4, -0.2) is 24.3 Å². The van der Waals surface area contributed by atoms with E-state index in [1.807, 2.05) is 0 Å². The van der Waals surface area contributed by atoms with Gasteiger partial charge in [-0.15, -0.1) is 11.3 Å². The number of Topliss-reactive ketones (excluding diaryl/α,β-unsaturated/α-hetero) is 1. The molecular formula is C19H26N2O2S. The van der Waals surface area contributed by atoms with E-state index in [9.17, 15) is 9.59 Å². The van der Waals surface area contributed by atoms with Crippen molar-refractivity contribution in [1.82, 2.24) is 5.32 Å². The Morgan fingerprint density at radius 2 is 1.96 bits per heavy atom. The van der Waals surface area contributed by atoms with Gasteiger partial charge in [0.15, 0.2) is 0 Å². The fourth-order valence-electron chi connectivity index (χ4n) is 3.70. The molecule has 3 aliphatic carbocycles. The molecule has 0 spiro atoms. The average molecular weight is 346 g/mol. The van der Waals surface area contributed by atoms with Crippen molar-refractivity contribution in [2.75, 3.05) is 6.54 Å². The van der Waals surface area contributed by atoms with Gasteiger partial charge in [-0.2, -0.15) is 0 Å². The Bertz CT molecular complexity index is 673. The number of aryl methyl sites for hydroxylation is 1. The predicted octanol–water partition coefficient (Wildman–Crippen LogP) is 2.79. The molecule has 0 unspecified atom stereocenters. The molecule has 3 aliphatic rings. The number of hydrogen-bond donors (Lipinski definition) is 2. The number of carbonyl (C=O) groups excluding carboxylic acids is 2. The SMILES string of the molecule is C[C@H]1c2c(sc(CC(=O)C3CC3)c2C(=O)NCC2CC2)CC[C@@H]1N. The number of ketones is 1. The molecule has 24 heavy (non-hydrogen) atoms. The molecule has 130 valence electrons. The molecule has 5 heteroatoms. The predicted molar refractivity (Wildman–Crippen MR) is 95.5 cm³/mol. The molecule has 3 N–H and O–H groups in total. The number of thiophene rings is 1. The van der Waals surface area contributed by atoms with E-state index in [-0.39, 0.29) is 23.8 Å². The van der Waals surface area contributed by atoms with Crippen LogP contribution in [0.2, 0.25) is 0 Å². The van der Waals surface area contributed by atoms with Crippen molar-refractivity contribution in [3.05, 3.63) is 20.9 Å². The number of amides is 1. The first-order valence-corrected chi connectivity index (χ1v) is 10.1. The second-order valence-electron chi connectivity index (χ2n) is 7.80. The Balaban J connectivity index is 1.64. The van der Waals surface area contributed by atoms with Gasteiger partial charge in [-0.1, -0.05) is 6.92 Å². The van der Waals surface area contributed by atoms with Crippen LogP contribution < -0.4 is 11.1 Å². The van der Waals surface area contributed by atoms with E-state index in [0.717, 1.165) is 48.2 Å². The van der Waals surface area contributed by atoms with Crippen LogP contribution in [0.4, 0.5) is 0 Å². The van der Waals surface area contributed by atoms with E-state index in [1.54, 1.807) is 11.3 Å². The fraction of sp³-hybridized carbons (Fsp3) is 0.684. The van der Waals surface area contributed by atoms with Gasteiger partial charge in [-0.25, -0.2) is 0 Å². The van der Waals surface area contributed by atoms with Crippen LogP contribution in [0.5, 0.6) is 0 Å². The van der Waals surface area contributed by atoms with Crippen molar-refractivity contribution < 1.29 is 9.59 Å². The maximum absolute atomic E-state index is 12.9. The van der Waals surface area contributed by atoms with Gasteiger partial charge in [0.25, 0.3) is 5.91 Å². The van der Waals surface area contributed by atoms with Crippen LogP contribution in [0.15, 0.2) is 0 Å². The summed E-state index contributed by atoms with van der Waals surface area (Å²) in [5.41, 5.74) is 8.18. The third-order valence-corrected chi connectivity index (χ3v) is 7.01. The second kappa shape index (κ2) is 6.26. The lowest BCUT2D eigenvalue weighted by atomic mass is 9.82. The lowest BCUT2D eigenvalue weighted by molar-refractivity contribution is -0.119. The van der Waals surface area contributed by atoms with Gasteiger partial charge < -0.3 is 11.1 Å². The molecule has 4 nitrogen and oxygen atoms in total. The highest BCUT2D eigenvalue weighted by molar-refractivity contribution is 7.12. The zero-order valence-electron chi connectivity index (χ0n) is 14.3. The van der Waals surface area contributed by atoms with E-state index >= 15 is 0 Å². The Morgan fingerprint density at radius 1 is 1.21 bits per heavy atom. The van der Waals surface area contributed by atoms with Gasteiger partial charge in [-0.3, -0.25) is 9.59 Å². The number of carbonyl (C=O) groups is 2. The summed E-state index contributed by atoms with van der Waals surface area (Å²) in [7, 11) is 0. The maximum atomic E-state index is 12.9. The highest BCUT2D eigenvalue weighted by Gasteiger charge is 2.36. The Morgan fingerprint density at radius 3 is 2.62 bits per heavy atom. The number of nitrogens with two attached hydrogens (primary N) is 1. The normalized spacial score (nSPS) is 26.1. The second-order valence-corrected chi connectivity index (χ2v) is 8.99. The quantitative estimate of drug-likeness (QED) is 0.832. The van der Waals surface area contributed by atoms with Gasteiger partial charge in [-0.05, 0) is 55.9 Å². The smallest absolute Gasteiger partial charge is 0.252 e. The number of rotatable bonds is 6. The van der Waals surface area contributed by atoms with Crippen molar-refractivity contribution in [2.45, 2.75) is 63.8 Å². The largest absolute Gasteiger partial charge is 0.352 e. The Labute approximate surface area is 147 Å². The first-order chi connectivity index (χ1) is 11.5. The maximum Gasteiger partial charge on any atom is 0.252 e. The van der Waals surface area contributed by atoms with Gasteiger partial charge in [0.05, 0.1) is 5.56 Å². The molecule has 2 atom stereocenters. The van der Waals surface area contributed by atoms with E-state index in [0.29, 0.717) is 18.1 Å². The number of hydrogen-bond acceptors (Lipinski definition) is 4. The highest BCUT2D eigenvalue weighted by atomic mass is 32.1. The summed E-state index contributed by atoms with van der Waals surface area (Å²) in [5, 5.41) is 3.11. The van der Waals surface area contributed by atoms with Crippen LogP contribution in [0.25, 0.3) is 0 Å². The minimum absolute atomic E-state index is 0.0129. The minimum Gasteiger partial charge on any atom is -0.352 e. The first-order valence-electron chi connectivity index (χ1n) is 9.25. The van der Waals surface area contributed by atoms with Crippen molar-refractivity contribution >= 4 is 23.0 Å². The number of fused-ring (bicyclic) bond motifs is 1. The third kappa shape index (κ3) is 3.16. The van der Waals surface area contributed by atoms with Crippen LogP contribution in [0, 0.1) is 11.8 Å². The summed E-state index contributed by atoms with van der Waals surface area (Å²) >= 11 is 1.68. The van der Waals surface area contributed by atoms with Gasteiger partial charge >= 0.3 is 0 Å².